The van der Waals surface area contributed by atoms with Gasteiger partial charge in [-0.1, -0.05) is 11.6 Å². The maximum absolute atomic E-state index is 13.2. The second kappa shape index (κ2) is 10.1. The molecule has 0 bridgehead atoms. The van der Waals surface area contributed by atoms with Crippen molar-refractivity contribution in [2.75, 3.05) is 41.8 Å². The first-order valence-electron chi connectivity index (χ1n) is 10.7. The van der Waals surface area contributed by atoms with E-state index in [0.717, 1.165) is 35.4 Å². The van der Waals surface area contributed by atoms with Gasteiger partial charge in [-0.3, -0.25) is 9.59 Å². The molecule has 2 N–H and O–H groups in total. The van der Waals surface area contributed by atoms with Crippen molar-refractivity contribution in [2.24, 2.45) is 0 Å². The van der Waals surface area contributed by atoms with Crippen molar-refractivity contribution in [1.29, 1.82) is 0 Å². The lowest BCUT2D eigenvalue weighted by molar-refractivity contribution is -0.121. The van der Waals surface area contributed by atoms with Gasteiger partial charge in [0.1, 0.15) is 11.6 Å². The molecule has 33 heavy (non-hydrogen) atoms. The average molecular weight is 471 g/mol. The molecule has 1 saturated heterocycles. The van der Waals surface area contributed by atoms with E-state index >= 15 is 0 Å². The standard InChI is InChI=1S/C24H24ClFN4O3/c1-15-12-22(30-8-10-33-11-9-30)29-21-5-3-16(13-18(15)21)27-23(31)6-7-24(32)28-17-2-4-20(26)19(25)14-17/h2-5,12-14H,6-11H2,1H3,(H,27,31)(H,28,32). The predicted octanol–water partition coefficient (Wildman–Crippen LogP) is 4.53. The molecule has 4 rings (SSSR count). The quantitative estimate of drug-likeness (QED) is 0.553. The highest BCUT2D eigenvalue weighted by Crippen LogP contribution is 2.26. The van der Waals surface area contributed by atoms with E-state index in [4.69, 9.17) is 21.3 Å². The Morgan fingerprint density at radius 3 is 2.33 bits per heavy atom. The van der Waals surface area contributed by atoms with E-state index in [9.17, 15) is 14.0 Å². The molecule has 3 aromatic rings. The molecule has 0 radical (unpaired) electrons. The number of nitrogens with one attached hydrogen (secondary N) is 2. The number of pyridine rings is 1. The summed E-state index contributed by atoms with van der Waals surface area (Å²) in [5.74, 6) is -0.278. The van der Waals surface area contributed by atoms with Crippen LogP contribution in [0.4, 0.5) is 21.6 Å². The Hall–Kier alpha value is -3.23. The van der Waals surface area contributed by atoms with Crippen LogP contribution >= 0.6 is 11.6 Å². The number of benzene rings is 2. The summed E-state index contributed by atoms with van der Waals surface area (Å²) in [6.07, 6.45) is -0.0100. The van der Waals surface area contributed by atoms with Crippen LogP contribution in [0.3, 0.4) is 0 Å². The molecule has 2 aromatic carbocycles. The van der Waals surface area contributed by atoms with E-state index in [1.54, 1.807) is 6.07 Å². The SMILES string of the molecule is Cc1cc(N2CCOCC2)nc2ccc(NC(=O)CCC(=O)Nc3ccc(F)c(Cl)c3)cc12. The maximum Gasteiger partial charge on any atom is 0.224 e. The number of hydrogen-bond donors (Lipinski definition) is 2. The molecule has 0 aliphatic carbocycles. The van der Waals surface area contributed by atoms with Crippen molar-refractivity contribution in [3.63, 3.8) is 0 Å². The second-order valence-electron chi connectivity index (χ2n) is 7.85. The Kier molecular flexibility index (Phi) is 7.05. The summed E-state index contributed by atoms with van der Waals surface area (Å²) in [5, 5.41) is 6.31. The molecular weight excluding hydrogens is 447 g/mol. The lowest BCUT2D eigenvalue weighted by Gasteiger charge is -2.28. The van der Waals surface area contributed by atoms with Crippen LogP contribution in [0.15, 0.2) is 42.5 Å². The van der Waals surface area contributed by atoms with E-state index in [2.05, 4.69) is 15.5 Å². The van der Waals surface area contributed by atoms with Gasteiger partial charge in [0, 0.05) is 42.7 Å². The summed E-state index contributed by atoms with van der Waals surface area (Å²) in [7, 11) is 0. The van der Waals surface area contributed by atoms with Crippen LogP contribution in [0.25, 0.3) is 10.9 Å². The van der Waals surface area contributed by atoms with Crippen LogP contribution in [-0.4, -0.2) is 43.1 Å². The molecule has 7 nitrogen and oxygen atoms in total. The Morgan fingerprint density at radius 1 is 1.03 bits per heavy atom. The number of aryl methyl sites for hydroxylation is 1. The fourth-order valence-electron chi connectivity index (χ4n) is 3.66. The van der Waals surface area contributed by atoms with Gasteiger partial charge < -0.3 is 20.3 Å². The van der Waals surface area contributed by atoms with Crippen molar-refractivity contribution in [1.82, 2.24) is 4.98 Å². The molecule has 1 aromatic heterocycles. The first-order chi connectivity index (χ1) is 15.9. The average Bonchev–Trinajstić information content (AvgIpc) is 2.81. The predicted molar refractivity (Wildman–Crippen MR) is 127 cm³/mol. The first kappa shape index (κ1) is 22.9. The summed E-state index contributed by atoms with van der Waals surface area (Å²) < 4.78 is 18.6. The number of fused-ring (bicyclic) bond motifs is 1. The molecule has 1 aliphatic rings. The molecule has 0 spiro atoms. The van der Waals surface area contributed by atoms with Gasteiger partial charge in [0.05, 0.1) is 23.8 Å². The summed E-state index contributed by atoms with van der Waals surface area (Å²) in [6, 6.07) is 11.5. The molecule has 9 heteroatoms. The van der Waals surface area contributed by atoms with Crippen molar-refractivity contribution < 1.29 is 18.7 Å². The number of amides is 2. The molecule has 172 valence electrons. The number of ether oxygens (including phenoxy) is 1. The van der Waals surface area contributed by atoms with Gasteiger partial charge in [0.15, 0.2) is 0 Å². The highest BCUT2D eigenvalue weighted by molar-refractivity contribution is 6.31. The zero-order chi connectivity index (χ0) is 23.4. The molecule has 2 heterocycles. The Labute approximate surface area is 195 Å². The minimum atomic E-state index is -0.563. The van der Waals surface area contributed by atoms with Gasteiger partial charge >= 0.3 is 0 Å². The summed E-state index contributed by atoms with van der Waals surface area (Å²) in [6.45, 7) is 5.03. The van der Waals surface area contributed by atoms with Gasteiger partial charge in [0.2, 0.25) is 11.8 Å². The topological polar surface area (TPSA) is 83.6 Å². The highest BCUT2D eigenvalue weighted by Gasteiger charge is 2.15. The van der Waals surface area contributed by atoms with Crippen LogP contribution < -0.4 is 15.5 Å². The van der Waals surface area contributed by atoms with Crippen molar-refractivity contribution in [3.05, 3.63) is 58.9 Å². The fourth-order valence-corrected chi connectivity index (χ4v) is 3.84. The third-order valence-electron chi connectivity index (χ3n) is 5.40. The molecule has 0 unspecified atom stereocenters. The number of anilines is 3. The third-order valence-corrected chi connectivity index (χ3v) is 5.69. The van der Waals surface area contributed by atoms with Crippen LogP contribution in [0.1, 0.15) is 18.4 Å². The summed E-state index contributed by atoms with van der Waals surface area (Å²) in [4.78, 5) is 31.4. The van der Waals surface area contributed by atoms with Crippen molar-refractivity contribution >= 4 is 51.5 Å². The van der Waals surface area contributed by atoms with E-state index < -0.39 is 5.82 Å². The number of carbonyl (C=O) groups is 2. The lowest BCUT2D eigenvalue weighted by atomic mass is 10.1. The fraction of sp³-hybridized carbons (Fsp3) is 0.292. The van der Waals surface area contributed by atoms with Crippen LogP contribution in [0.5, 0.6) is 0 Å². The van der Waals surface area contributed by atoms with E-state index in [-0.39, 0.29) is 29.7 Å². The van der Waals surface area contributed by atoms with Crippen LogP contribution in [-0.2, 0) is 14.3 Å². The van der Waals surface area contributed by atoms with E-state index in [1.165, 1.54) is 18.2 Å². The number of hydrogen-bond acceptors (Lipinski definition) is 5. The molecule has 0 saturated carbocycles. The molecular formula is C24H24ClFN4O3. The number of aromatic nitrogens is 1. The number of nitrogens with zero attached hydrogens (tertiary/aromatic N) is 2. The molecule has 1 aliphatic heterocycles. The van der Waals surface area contributed by atoms with Crippen LogP contribution in [0, 0.1) is 12.7 Å². The van der Waals surface area contributed by atoms with E-state index in [0.29, 0.717) is 24.6 Å². The number of rotatable bonds is 6. The number of carbonyl (C=O) groups excluding carboxylic acids is 2. The smallest absolute Gasteiger partial charge is 0.224 e. The van der Waals surface area contributed by atoms with Gasteiger partial charge in [-0.2, -0.15) is 0 Å². The van der Waals surface area contributed by atoms with Gasteiger partial charge in [-0.25, -0.2) is 9.37 Å². The normalized spacial score (nSPS) is 13.7. The Morgan fingerprint density at radius 2 is 1.67 bits per heavy atom. The first-order valence-corrected chi connectivity index (χ1v) is 11.1. The molecule has 1 fully saturated rings. The second-order valence-corrected chi connectivity index (χ2v) is 8.26. The molecule has 2 amide bonds. The van der Waals surface area contributed by atoms with Gasteiger partial charge in [-0.05, 0) is 55.0 Å². The minimum absolute atomic E-state index is 0.00595. The van der Waals surface area contributed by atoms with E-state index in [1.807, 2.05) is 25.1 Å². The zero-order valence-electron chi connectivity index (χ0n) is 18.2. The van der Waals surface area contributed by atoms with Crippen molar-refractivity contribution in [2.45, 2.75) is 19.8 Å². The van der Waals surface area contributed by atoms with Crippen LogP contribution in [0.2, 0.25) is 5.02 Å². The maximum atomic E-state index is 13.2. The lowest BCUT2D eigenvalue weighted by Crippen LogP contribution is -2.36. The van der Waals surface area contributed by atoms with Crippen molar-refractivity contribution in [3.8, 4) is 0 Å². The highest BCUT2D eigenvalue weighted by atomic mass is 35.5. The number of morpholine rings is 1. The minimum Gasteiger partial charge on any atom is -0.378 e. The monoisotopic (exact) mass is 470 g/mol. The van der Waals surface area contributed by atoms with Gasteiger partial charge in [0.25, 0.3) is 0 Å². The summed E-state index contributed by atoms with van der Waals surface area (Å²) >= 11 is 5.71. The zero-order valence-corrected chi connectivity index (χ0v) is 18.9. The Balaban J connectivity index is 1.35. The summed E-state index contributed by atoms with van der Waals surface area (Å²) in [5.41, 5.74) is 2.93. The largest absolute Gasteiger partial charge is 0.378 e. The third kappa shape index (κ3) is 5.77. The Bertz CT molecular complexity index is 1200. The molecule has 0 atom stereocenters. The number of halogens is 2. The van der Waals surface area contributed by atoms with Gasteiger partial charge in [-0.15, -0.1) is 0 Å².